The number of hydrogen-bond acceptors (Lipinski definition) is 11. The molecule has 8 rings (SSSR count). The summed E-state index contributed by atoms with van der Waals surface area (Å²) in [7, 11) is 0. The van der Waals surface area contributed by atoms with Crippen molar-refractivity contribution in [1.29, 1.82) is 0 Å². The van der Waals surface area contributed by atoms with Crippen LogP contribution in [-0.4, -0.2) is 136 Å². The first-order valence-corrected chi connectivity index (χ1v) is 16.0. The number of aromatic nitrogens is 3. The molecule has 5 saturated heterocycles. The summed E-state index contributed by atoms with van der Waals surface area (Å²) in [5.74, 6) is 1.18. The van der Waals surface area contributed by atoms with Crippen molar-refractivity contribution in [3.63, 3.8) is 0 Å². The van der Waals surface area contributed by atoms with Crippen LogP contribution in [0.15, 0.2) is 24.4 Å². The van der Waals surface area contributed by atoms with Gasteiger partial charge in [0.25, 0.3) is 0 Å². The predicted octanol–water partition coefficient (Wildman–Crippen LogP) is 2.52. The lowest BCUT2D eigenvalue weighted by atomic mass is 9.94. The summed E-state index contributed by atoms with van der Waals surface area (Å²) in [4.78, 5) is 47.1. The summed E-state index contributed by atoms with van der Waals surface area (Å²) in [6, 6.07) is 1.91. The van der Waals surface area contributed by atoms with E-state index in [1.54, 1.807) is 16.0 Å². The summed E-state index contributed by atoms with van der Waals surface area (Å²) in [6.07, 6.45) is 5.42. The quantitative estimate of drug-likeness (QED) is 0.490. The second-order valence-electron chi connectivity index (χ2n) is 13.1. The van der Waals surface area contributed by atoms with Gasteiger partial charge in [0.1, 0.15) is 24.4 Å². The number of pyridine rings is 1. The van der Waals surface area contributed by atoms with Crippen molar-refractivity contribution >= 4 is 28.9 Å². The molecule has 2 amide bonds. The van der Waals surface area contributed by atoms with E-state index in [0.717, 1.165) is 49.6 Å². The maximum Gasteiger partial charge on any atom is 0.409 e. The Morgan fingerprint density at radius 1 is 1.11 bits per heavy atom. The third kappa shape index (κ3) is 4.89. The minimum absolute atomic E-state index is 0.0674. The zero-order valence-corrected chi connectivity index (χ0v) is 25.3. The molecule has 8 heterocycles. The lowest BCUT2D eigenvalue weighted by molar-refractivity contribution is 0.0139. The highest BCUT2D eigenvalue weighted by molar-refractivity contribution is 5.94. The molecule has 0 aromatic carbocycles. The van der Waals surface area contributed by atoms with E-state index in [4.69, 9.17) is 28.9 Å². The second kappa shape index (κ2) is 11.2. The lowest BCUT2D eigenvalue weighted by Gasteiger charge is -2.47. The first-order valence-electron chi connectivity index (χ1n) is 16.0. The van der Waals surface area contributed by atoms with Gasteiger partial charge in [-0.05, 0) is 38.2 Å². The summed E-state index contributed by atoms with van der Waals surface area (Å²) < 4.78 is 23.7. The van der Waals surface area contributed by atoms with E-state index in [1.807, 2.05) is 6.07 Å². The Balaban J connectivity index is 1.04. The number of fused-ring (bicyclic) bond motifs is 6. The van der Waals surface area contributed by atoms with E-state index in [2.05, 4.69) is 21.4 Å². The Bertz CT molecular complexity index is 1520. The van der Waals surface area contributed by atoms with Gasteiger partial charge in [0.2, 0.25) is 5.88 Å². The van der Waals surface area contributed by atoms with Crippen molar-refractivity contribution in [2.75, 3.05) is 64.1 Å². The summed E-state index contributed by atoms with van der Waals surface area (Å²) >= 11 is 0. The van der Waals surface area contributed by atoms with Gasteiger partial charge in [-0.15, -0.1) is 0 Å². The average Bonchev–Trinajstić information content (AvgIpc) is 3.66. The first kappa shape index (κ1) is 28.6. The van der Waals surface area contributed by atoms with E-state index in [1.165, 1.54) is 0 Å². The van der Waals surface area contributed by atoms with Crippen molar-refractivity contribution in [3.05, 3.63) is 24.4 Å². The fourth-order valence-corrected chi connectivity index (χ4v) is 8.55. The minimum Gasteiger partial charge on any atom is -0.477 e. The van der Waals surface area contributed by atoms with E-state index in [-0.39, 0.29) is 41.8 Å². The molecule has 2 aromatic rings. The lowest BCUT2D eigenvalue weighted by Crippen LogP contribution is -2.62. The van der Waals surface area contributed by atoms with E-state index in [9.17, 15) is 14.7 Å². The largest absolute Gasteiger partial charge is 0.477 e. The third-order valence-electron chi connectivity index (χ3n) is 10.6. The monoisotopic (exact) mass is 621 g/mol. The van der Waals surface area contributed by atoms with Crippen molar-refractivity contribution in [1.82, 2.24) is 29.7 Å². The molecule has 0 radical (unpaired) electrons. The third-order valence-corrected chi connectivity index (χ3v) is 10.6. The topological polar surface area (TPSA) is 143 Å². The number of piperazine rings is 1. The molecule has 3 unspecified atom stereocenters. The predicted molar refractivity (Wildman–Crippen MR) is 161 cm³/mol. The fourth-order valence-electron chi connectivity index (χ4n) is 8.55. The number of carbonyl (C=O) groups excluding carboxylic acids is 1. The van der Waals surface area contributed by atoms with Crippen molar-refractivity contribution < 1.29 is 33.6 Å². The molecule has 6 aliphatic heterocycles. The van der Waals surface area contributed by atoms with Gasteiger partial charge in [-0.3, -0.25) is 9.80 Å². The molecule has 5 atom stereocenters. The molecule has 5 fully saturated rings. The normalized spacial score (nSPS) is 30.8. The summed E-state index contributed by atoms with van der Waals surface area (Å²) in [5, 5.41) is 10.7. The van der Waals surface area contributed by atoms with Crippen molar-refractivity contribution in [3.8, 4) is 11.9 Å². The number of carboxylic acid groups (broad SMARTS) is 1. The van der Waals surface area contributed by atoms with Crippen LogP contribution in [0.3, 0.4) is 0 Å². The fraction of sp³-hybridized carbons (Fsp3) is 0.645. The Labute approximate surface area is 260 Å². The summed E-state index contributed by atoms with van der Waals surface area (Å²) in [5.41, 5.74) is 1.53. The molecule has 14 nitrogen and oxygen atoms in total. The SMILES string of the molecule is C=C1CN2[C@H](COC(=O)N3CCOCC3)CC[C@@]2(COc2nc3c4c(nccc4n2)OCCC2C4CCC(CN32)N4C(=O)O)C1. The Morgan fingerprint density at radius 2 is 1.98 bits per heavy atom. The number of nitrogens with zero attached hydrogens (tertiary/aromatic N) is 7. The van der Waals surface area contributed by atoms with Crippen LogP contribution in [0.1, 0.15) is 38.5 Å². The first-order chi connectivity index (χ1) is 21.9. The minimum atomic E-state index is -0.864. The van der Waals surface area contributed by atoms with Gasteiger partial charge < -0.3 is 33.9 Å². The molecule has 2 aromatic heterocycles. The molecule has 0 saturated carbocycles. The van der Waals surface area contributed by atoms with Gasteiger partial charge in [0, 0.05) is 44.8 Å². The van der Waals surface area contributed by atoms with Crippen LogP contribution >= 0.6 is 0 Å². The molecule has 45 heavy (non-hydrogen) atoms. The molecular formula is C31H39N7O7. The molecule has 14 heteroatoms. The number of rotatable bonds is 5. The van der Waals surface area contributed by atoms with Crippen molar-refractivity contribution in [2.45, 2.75) is 68.2 Å². The van der Waals surface area contributed by atoms with Gasteiger partial charge in [0.15, 0.2) is 0 Å². The Hall–Kier alpha value is -3.91. The molecule has 1 N–H and O–H groups in total. The van der Waals surface area contributed by atoms with Gasteiger partial charge in [-0.25, -0.2) is 14.6 Å². The van der Waals surface area contributed by atoms with Gasteiger partial charge in [0.05, 0.1) is 49.0 Å². The smallest absolute Gasteiger partial charge is 0.409 e. The van der Waals surface area contributed by atoms with Gasteiger partial charge in [-0.2, -0.15) is 9.97 Å². The Kier molecular flexibility index (Phi) is 7.08. The molecule has 0 spiro atoms. The van der Waals surface area contributed by atoms with E-state index < -0.39 is 6.09 Å². The van der Waals surface area contributed by atoms with Crippen LogP contribution in [0.25, 0.3) is 10.9 Å². The highest BCUT2D eigenvalue weighted by Crippen LogP contribution is 2.46. The van der Waals surface area contributed by atoms with Crippen LogP contribution in [0.4, 0.5) is 15.4 Å². The van der Waals surface area contributed by atoms with E-state index >= 15 is 0 Å². The zero-order chi connectivity index (χ0) is 30.7. The van der Waals surface area contributed by atoms with Gasteiger partial charge in [-0.1, -0.05) is 12.2 Å². The molecule has 240 valence electrons. The van der Waals surface area contributed by atoms with Crippen molar-refractivity contribution in [2.24, 2.45) is 0 Å². The number of carbonyl (C=O) groups is 2. The average molecular weight is 622 g/mol. The molecule has 2 bridgehead atoms. The highest BCUT2D eigenvalue weighted by atomic mass is 16.6. The van der Waals surface area contributed by atoms with Crippen LogP contribution in [-0.2, 0) is 9.47 Å². The number of ether oxygens (including phenoxy) is 4. The molecule has 6 aliphatic rings. The maximum atomic E-state index is 12.7. The number of morpholine rings is 1. The van der Waals surface area contributed by atoms with Crippen LogP contribution in [0.5, 0.6) is 11.9 Å². The van der Waals surface area contributed by atoms with Crippen LogP contribution in [0, 0.1) is 0 Å². The maximum absolute atomic E-state index is 12.7. The summed E-state index contributed by atoms with van der Waals surface area (Å²) in [6.45, 7) is 8.89. The van der Waals surface area contributed by atoms with Gasteiger partial charge >= 0.3 is 18.2 Å². The zero-order valence-electron chi connectivity index (χ0n) is 25.3. The number of hydrogen-bond donors (Lipinski definition) is 1. The second-order valence-corrected chi connectivity index (χ2v) is 13.1. The van der Waals surface area contributed by atoms with E-state index in [0.29, 0.717) is 76.3 Å². The number of anilines is 1. The van der Waals surface area contributed by atoms with Crippen LogP contribution in [0.2, 0.25) is 0 Å². The van der Waals surface area contributed by atoms with Crippen LogP contribution < -0.4 is 14.4 Å². The number of amides is 2. The molecular weight excluding hydrogens is 582 g/mol. The highest BCUT2D eigenvalue weighted by Gasteiger charge is 2.52. The Morgan fingerprint density at radius 3 is 2.82 bits per heavy atom. The standard InChI is InChI=1S/C31H39N7O7/c1-19-14-31(7-4-21(37(31)15-19)17-44-30(41)35-9-12-42-13-10-35)18-45-28-33-22-5-8-32-27-25(22)26(34-28)36-16-20-2-3-24(38(20)29(39)40)23(36)6-11-43-27/h5,8,20-21,23-24H,1-4,6-7,9-18H2,(H,39,40)/t20?,21-,23?,24?,31-/m0/s1. The molecule has 0 aliphatic carbocycles.